The highest BCUT2D eigenvalue weighted by Crippen LogP contribution is 2.49. The van der Waals surface area contributed by atoms with E-state index in [0.29, 0.717) is 83.9 Å². The van der Waals surface area contributed by atoms with Crippen LogP contribution in [0.3, 0.4) is 0 Å². The monoisotopic (exact) mass is 1100 g/mol. The molecule has 0 saturated carbocycles. The van der Waals surface area contributed by atoms with Crippen LogP contribution < -0.4 is 20.3 Å². The van der Waals surface area contributed by atoms with Gasteiger partial charge >= 0.3 is 12.1 Å². The number of rotatable bonds is 28. The van der Waals surface area contributed by atoms with E-state index in [1.807, 2.05) is 13.0 Å². The summed E-state index contributed by atoms with van der Waals surface area (Å²) in [5, 5.41) is 16.9. The predicted molar refractivity (Wildman–Crippen MR) is 275 cm³/mol. The normalized spacial score (nSPS) is 27.2. The highest BCUT2D eigenvalue weighted by atomic mass is 35.5. The summed E-state index contributed by atoms with van der Waals surface area (Å²) in [6, 6.07) is 3.59. The molecule has 1 unspecified atom stereocenters. The van der Waals surface area contributed by atoms with E-state index in [1.54, 1.807) is 51.4 Å². The SMILES string of the molecule is COc1cc2cc(c1Cl)N(C)C(=O)C[C@H](OC(=O)CCOCCOCCOCCOCCOCCOCCNC(=O)CCN1C(=O)CC(SC)C1=O)[C@]1(C)O[C@@H]1[C@H](C)[C@@H]1C[C@@](O)(NC(=O)O1)[C@H](OC)/C=C/C=C(\C)C2. The molecule has 3 fully saturated rings. The van der Waals surface area contributed by atoms with Crippen LogP contribution in [0.2, 0.25) is 5.02 Å². The molecule has 1 aromatic carbocycles. The van der Waals surface area contributed by atoms with Crippen LogP contribution in [0.5, 0.6) is 5.75 Å². The minimum atomic E-state index is -1.83. The molecule has 5 amide bonds. The maximum atomic E-state index is 14.1. The van der Waals surface area contributed by atoms with Crippen LogP contribution >= 0.6 is 23.4 Å². The van der Waals surface area contributed by atoms with E-state index in [9.17, 15) is 33.9 Å². The van der Waals surface area contributed by atoms with E-state index >= 15 is 0 Å². The molecule has 3 N–H and O–H groups in total. The Hall–Kier alpha value is -4.40. The summed E-state index contributed by atoms with van der Waals surface area (Å²) in [5.41, 5.74) is -0.890. The van der Waals surface area contributed by atoms with Gasteiger partial charge in [-0.2, -0.15) is 11.8 Å². The maximum absolute atomic E-state index is 14.1. The molecule has 75 heavy (non-hydrogen) atoms. The molecule has 8 atom stereocenters. The number of allylic oxidation sites excluding steroid dienone is 3. The first-order valence-corrected chi connectivity index (χ1v) is 26.8. The fourth-order valence-corrected chi connectivity index (χ4v) is 9.77. The molecule has 4 aliphatic rings. The zero-order valence-corrected chi connectivity index (χ0v) is 45.6. The molecule has 4 heterocycles. The Balaban J connectivity index is 0.968. The Morgan fingerprint density at radius 3 is 2.09 bits per heavy atom. The molecule has 22 nitrogen and oxygen atoms in total. The lowest BCUT2D eigenvalue weighted by Crippen LogP contribution is -2.63. The fourth-order valence-electron chi connectivity index (χ4n) is 8.82. The number of ether oxygens (including phenoxy) is 11. The van der Waals surface area contributed by atoms with E-state index in [2.05, 4.69) is 10.6 Å². The first kappa shape index (κ1) is 61.5. The Kier molecular flexibility index (Phi) is 25.0. The van der Waals surface area contributed by atoms with Crippen molar-refractivity contribution in [2.75, 3.05) is 125 Å². The fraction of sp³-hybridized carbons (Fsp3) is 0.686. The van der Waals surface area contributed by atoms with Gasteiger partial charge in [0.05, 0.1) is 116 Å². The zero-order chi connectivity index (χ0) is 54.5. The minimum Gasteiger partial charge on any atom is -0.495 e. The number of methoxy groups -OCH3 is 2. The Morgan fingerprint density at radius 2 is 1.51 bits per heavy atom. The molecule has 0 radical (unpaired) electrons. The first-order chi connectivity index (χ1) is 35.9. The zero-order valence-electron chi connectivity index (χ0n) is 44.1. The number of alkyl carbamates (subject to hydrolysis) is 1. The molecule has 0 spiro atoms. The third-order valence-corrected chi connectivity index (χ3v) is 14.5. The standard InChI is InChI=1S/C51H75ClN4O18S/c1-33-9-8-10-40(65-6)51(63)32-38(72-49(62)54-51)34(2)47-50(3,74-47)41(31-43(58)55(4)36-28-35(27-33)29-37(64-5)46(36)52)73-45(60)12-15-66-17-19-68-21-23-70-25-26-71-24-22-69-20-18-67-16-13-53-42(57)11-14-56-44(59)30-39(75-7)48(56)61/h8-10,28-29,34,38-41,47,63H,11-27,30-32H2,1-7H3,(H,53,57)(H,54,62)/b10-8+,33-9+/t34-,38+,39?,40-,41+,47-,50+,51+/m1/s1. The number of amides is 5. The molecular weight excluding hydrogens is 1020 g/mol. The number of esters is 1. The number of imide groups is 1. The van der Waals surface area contributed by atoms with Crippen molar-refractivity contribution in [3.05, 3.63) is 46.5 Å². The lowest BCUT2D eigenvalue weighted by molar-refractivity contribution is -0.155. The van der Waals surface area contributed by atoms with Gasteiger partial charge in [0.1, 0.15) is 34.7 Å². The number of hydrogen-bond donors (Lipinski definition) is 3. The quantitative estimate of drug-likeness (QED) is 0.0471. The van der Waals surface area contributed by atoms with Crippen LogP contribution in [0.15, 0.2) is 35.9 Å². The number of anilines is 1. The van der Waals surface area contributed by atoms with Crippen LogP contribution in [0, 0.1) is 5.92 Å². The van der Waals surface area contributed by atoms with Gasteiger partial charge in [0, 0.05) is 52.4 Å². The number of epoxide rings is 1. The van der Waals surface area contributed by atoms with Crippen molar-refractivity contribution < 1.29 is 86.0 Å². The van der Waals surface area contributed by atoms with Gasteiger partial charge in [-0.05, 0) is 44.2 Å². The van der Waals surface area contributed by atoms with Crippen LogP contribution in [-0.4, -0.2) is 207 Å². The number of nitrogens with zero attached hydrogens (tertiary/aromatic N) is 2. The van der Waals surface area contributed by atoms with Crippen molar-refractivity contribution >= 4 is 64.7 Å². The number of carbonyl (C=O) groups is 6. The Bertz CT molecular complexity index is 2150. The third-order valence-electron chi connectivity index (χ3n) is 13.2. The average Bonchev–Trinajstić information content (AvgIpc) is 4.00. The van der Waals surface area contributed by atoms with E-state index in [1.165, 1.54) is 30.9 Å². The minimum absolute atomic E-state index is 0.0223. The summed E-state index contributed by atoms with van der Waals surface area (Å²) in [6.07, 6.45) is 2.91. The summed E-state index contributed by atoms with van der Waals surface area (Å²) in [4.78, 5) is 79.2. The largest absolute Gasteiger partial charge is 0.495 e. The van der Waals surface area contributed by atoms with Gasteiger partial charge < -0.3 is 67.4 Å². The van der Waals surface area contributed by atoms with Gasteiger partial charge in [0.25, 0.3) is 0 Å². The van der Waals surface area contributed by atoms with E-state index in [4.69, 9.17) is 63.7 Å². The summed E-state index contributed by atoms with van der Waals surface area (Å²) >= 11 is 8.12. The van der Waals surface area contributed by atoms with Gasteiger partial charge in [-0.3, -0.25) is 34.2 Å². The highest BCUT2D eigenvalue weighted by molar-refractivity contribution is 8.00. The van der Waals surface area contributed by atoms with Crippen molar-refractivity contribution in [1.29, 1.82) is 0 Å². The molecule has 420 valence electrons. The number of halogens is 1. The molecule has 0 aromatic heterocycles. The van der Waals surface area contributed by atoms with Gasteiger partial charge in [-0.1, -0.05) is 42.3 Å². The summed E-state index contributed by atoms with van der Waals surface area (Å²) < 4.78 is 62.4. The van der Waals surface area contributed by atoms with E-state index in [0.717, 1.165) is 16.0 Å². The number of carbonyl (C=O) groups excluding carboxylic acids is 6. The van der Waals surface area contributed by atoms with Crippen LogP contribution in [0.25, 0.3) is 0 Å². The lowest BCUT2D eigenvalue weighted by Gasteiger charge is -2.42. The number of aliphatic hydroxyl groups is 1. The van der Waals surface area contributed by atoms with E-state index in [-0.39, 0.29) is 86.5 Å². The summed E-state index contributed by atoms with van der Waals surface area (Å²) in [5.74, 6) is -1.93. The molecule has 4 bridgehead atoms. The van der Waals surface area contributed by atoms with Crippen molar-refractivity contribution in [3.8, 4) is 5.75 Å². The molecule has 24 heteroatoms. The lowest BCUT2D eigenvalue weighted by atomic mass is 9.83. The number of fused-ring (bicyclic) bond motifs is 5. The van der Waals surface area contributed by atoms with Crippen molar-refractivity contribution in [1.82, 2.24) is 15.5 Å². The van der Waals surface area contributed by atoms with Gasteiger partial charge in [0.2, 0.25) is 23.6 Å². The second kappa shape index (κ2) is 30.5. The first-order valence-electron chi connectivity index (χ1n) is 25.1. The smallest absolute Gasteiger partial charge is 0.409 e. The number of thioether (sulfide) groups is 1. The molecule has 3 saturated heterocycles. The molecular formula is C51H75ClN4O18S. The van der Waals surface area contributed by atoms with Crippen LogP contribution in [0.4, 0.5) is 10.5 Å². The molecule has 1 aromatic rings. The predicted octanol–water partition coefficient (Wildman–Crippen LogP) is 3.15. The number of benzene rings is 1. The Labute approximate surface area is 448 Å². The molecule has 0 aliphatic carbocycles. The third kappa shape index (κ3) is 18.4. The van der Waals surface area contributed by atoms with Crippen molar-refractivity contribution in [3.63, 3.8) is 0 Å². The van der Waals surface area contributed by atoms with Gasteiger partial charge in [0.15, 0.2) is 5.72 Å². The van der Waals surface area contributed by atoms with Gasteiger partial charge in [-0.15, -0.1) is 0 Å². The number of hydrogen-bond acceptors (Lipinski definition) is 19. The van der Waals surface area contributed by atoms with Gasteiger partial charge in [-0.25, -0.2) is 4.79 Å². The second-order valence-electron chi connectivity index (χ2n) is 18.6. The maximum Gasteiger partial charge on any atom is 0.409 e. The highest BCUT2D eigenvalue weighted by Gasteiger charge is 2.64. The Morgan fingerprint density at radius 1 is 0.893 bits per heavy atom. The van der Waals surface area contributed by atoms with Crippen LogP contribution in [-0.2, 0) is 77.8 Å². The summed E-state index contributed by atoms with van der Waals surface area (Å²) in [6.45, 7) is 9.45. The molecule has 5 rings (SSSR count). The number of likely N-dealkylation sites (tertiary alicyclic amines) is 1. The van der Waals surface area contributed by atoms with Crippen molar-refractivity contribution in [2.24, 2.45) is 5.92 Å². The average molecular weight is 1100 g/mol. The molecule has 4 aliphatic heterocycles. The second-order valence-corrected chi connectivity index (χ2v) is 20.0. The van der Waals surface area contributed by atoms with Crippen molar-refractivity contribution in [2.45, 2.75) is 100 Å². The topological polar surface area (TPSA) is 258 Å². The summed E-state index contributed by atoms with van der Waals surface area (Å²) in [7, 11) is 4.50. The van der Waals surface area contributed by atoms with Crippen LogP contribution in [0.1, 0.15) is 58.4 Å². The van der Waals surface area contributed by atoms with E-state index < -0.39 is 59.6 Å². The number of nitrogens with one attached hydrogen (secondary N) is 2.